The molecule has 0 aromatic rings. The van der Waals surface area contributed by atoms with E-state index in [0.29, 0.717) is 6.04 Å². The molecule has 68 valence electrons. The summed E-state index contributed by atoms with van der Waals surface area (Å²) >= 11 is 0. The zero-order valence-electron chi connectivity index (χ0n) is 7.00. The van der Waals surface area contributed by atoms with Crippen LogP contribution in [0.25, 0.3) is 0 Å². The molecule has 0 aliphatic heterocycles. The summed E-state index contributed by atoms with van der Waals surface area (Å²) in [7, 11) is -2.25. The maximum atomic E-state index is 8.63. The monoisotopic (exact) mass is 177 g/mol. The smallest absolute Gasteiger partial charge is 0.315 e. The fourth-order valence-corrected chi connectivity index (χ4v) is 1.66. The van der Waals surface area contributed by atoms with E-state index in [0.717, 1.165) is 25.8 Å². The fourth-order valence-electron chi connectivity index (χ4n) is 1.00. The van der Waals surface area contributed by atoms with Crippen molar-refractivity contribution < 1.29 is 9.59 Å². The molecular formula is C7H19NO2Si. The maximum absolute atomic E-state index is 8.63. The molecule has 0 aromatic heterocycles. The summed E-state index contributed by atoms with van der Waals surface area (Å²) in [6.45, 7) is 0.775. The minimum Gasteiger partial charge on any atom is -0.413 e. The van der Waals surface area contributed by atoms with Crippen LogP contribution in [0.5, 0.6) is 0 Å². The zero-order chi connectivity index (χ0) is 8.53. The van der Waals surface area contributed by atoms with Gasteiger partial charge >= 0.3 is 9.28 Å². The molecule has 0 aliphatic carbocycles. The minimum atomic E-state index is -2.25. The van der Waals surface area contributed by atoms with Crippen LogP contribution in [-0.4, -0.2) is 25.4 Å². The minimum absolute atomic E-state index is 0.641. The van der Waals surface area contributed by atoms with Gasteiger partial charge in [0.15, 0.2) is 0 Å². The molecule has 0 bridgehead atoms. The van der Waals surface area contributed by atoms with Crippen molar-refractivity contribution in [2.75, 3.05) is 6.54 Å². The zero-order valence-corrected chi connectivity index (χ0v) is 8.15. The van der Waals surface area contributed by atoms with Gasteiger partial charge in [0.1, 0.15) is 0 Å². The average molecular weight is 177 g/mol. The quantitative estimate of drug-likeness (QED) is 0.382. The molecule has 0 fully saturated rings. The first-order valence-electron chi connectivity index (χ1n) is 4.33. The van der Waals surface area contributed by atoms with Crippen molar-refractivity contribution in [1.82, 2.24) is 0 Å². The van der Waals surface area contributed by atoms with Gasteiger partial charge < -0.3 is 15.3 Å². The van der Waals surface area contributed by atoms with E-state index in [2.05, 4.69) is 0 Å². The molecule has 0 saturated carbocycles. The van der Waals surface area contributed by atoms with E-state index < -0.39 is 9.28 Å². The Morgan fingerprint density at radius 1 is 0.909 bits per heavy atom. The van der Waals surface area contributed by atoms with Crippen molar-refractivity contribution in [3.63, 3.8) is 0 Å². The van der Waals surface area contributed by atoms with E-state index in [1.54, 1.807) is 0 Å². The van der Waals surface area contributed by atoms with Crippen molar-refractivity contribution in [2.24, 2.45) is 5.73 Å². The topological polar surface area (TPSA) is 66.5 Å². The van der Waals surface area contributed by atoms with Crippen molar-refractivity contribution in [3.8, 4) is 0 Å². The molecular weight excluding hydrogens is 158 g/mol. The van der Waals surface area contributed by atoms with Crippen LogP contribution >= 0.6 is 0 Å². The Bertz CT molecular complexity index is 80.8. The van der Waals surface area contributed by atoms with Crippen LogP contribution in [0.4, 0.5) is 0 Å². The molecule has 3 nitrogen and oxygen atoms in total. The molecule has 4 heteroatoms. The summed E-state index contributed by atoms with van der Waals surface area (Å²) in [6, 6.07) is 0.641. The van der Waals surface area contributed by atoms with Gasteiger partial charge in [-0.3, -0.25) is 0 Å². The second-order valence-corrected chi connectivity index (χ2v) is 4.36. The van der Waals surface area contributed by atoms with Crippen LogP contribution in [0.3, 0.4) is 0 Å². The van der Waals surface area contributed by atoms with Gasteiger partial charge in [-0.25, -0.2) is 0 Å². The number of rotatable bonds is 7. The van der Waals surface area contributed by atoms with Crippen molar-refractivity contribution in [1.29, 1.82) is 0 Å². The molecule has 4 N–H and O–H groups in total. The number of hydrogen-bond acceptors (Lipinski definition) is 3. The molecule has 0 unspecified atom stereocenters. The fraction of sp³-hybridized carbons (Fsp3) is 1.00. The molecule has 0 heterocycles. The first-order chi connectivity index (χ1) is 5.27. The van der Waals surface area contributed by atoms with Crippen molar-refractivity contribution in [2.45, 2.75) is 38.1 Å². The lowest BCUT2D eigenvalue weighted by molar-refractivity contribution is 0.401. The van der Waals surface area contributed by atoms with Crippen LogP contribution in [0, 0.1) is 0 Å². The van der Waals surface area contributed by atoms with Gasteiger partial charge in [0.2, 0.25) is 0 Å². The van der Waals surface area contributed by atoms with Crippen LogP contribution < -0.4 is 5.73 Å². The second-order valence-electron chi connectivity index (χ2n) is 2.83. The Kier molecular flexibility index (Phi) is 8.27. The highest BCUT2D eigenvalue weighted by molar-refractivity contribution is 6.40. The van der Waals surface area contributed by atoms with E-state index in [9.17, 15) is 0 Å². The Morgan fingerprint density at radius 3 is 2.00 bits per heavy atom. The summed E-state index contributed by atoms with van der Waals surface area (Å²) in [4.78, 5) is 17.3. The predicted molar refractivity (Wildman–Crippen MR) is 48.5 cm³/mol. The number of unbranched alkanes of at least 4 members (excludes halogenated alkanes) is 4. The highest BCUT2D eigenvalue weighted by atomic mass is 28.3. The summed E-state index contributed by atoms with van der Waals surface area (Å²) < 4.78 is 0. The summed E-state index contributed by atoms with van der Waals surface area (Å²) in [5, 5.41) is 0. The molecule has 0 atom stereocenters. The summed E-state index contributed by atoms with van der Waals surface area (Å²) in [6.07, 6.45) is 5.54. The number of nitrogens with two attached hydrogens (primary N) is 1. The third-order valence-corrected chi connectivity index (χ3v) is 2.59. The third kappa shape index (κ3) is 10.1. The van der Waals surface area contributed by atoms with Gasteiger partial charge in [0.05, 0.1) is 0 Å². The summed E-state index contributed by atoms with van der Waals surface area (Å²) in [5.74, 6) is 0. The Hall–Kier alpha value is 0.0969. The van der Waals surface area contributed by atoms with E-state index in [-0.39, 0.29) is 0 Å². The largest absolute Gasteiger partial charge is 0.413 e. The molecule has 0 spiro atoms. The third-order valence-electron chi connectivity index (χ3n) is 1.67. The van der Waals surface area contributed by atoms with Crippen LogP contribution in [-0.2, 0) is 0 Å². The molecule has 0 radical (unpaired) electrons. The van der Waals surface area contributed by atoms with E-state index in [1.807, 2.05) is 0 Å². The van der Waals surface area contributed by atoms with Gasteiger partial charge in [0.25, 0.3) is 0 Å². The Morgan fingerprint density at radius 2 is 1.45 bits per heavy atom. The van der Waals surface area contributed by atoms with E-state index >= 15 is 0 Å². The maximum Gasteiger partial charge on any atom is 0.315 e. The lowest BCUT2D eigenvalue weighted by atomic mass is 10.2. The normalized spacial score (nSPS) is 10.9. The second kappa shape index (κ2) is 8.20. The highest BCUT2D eigenvalue weighted by Gasteiger charge is 1.99. The van der Waals surface area contributed by atoms with E-state index in [1.165, 1.54) is 12.8 Å². The van der Waals surface area contributed by atoms with E-state index in [4.69, 9.17) is 15.3 Å². The van der Waals surface area contributed by atoms with Gasteiger partial charge in [-0.15, -0.1) is 0 Å². The Labute approximate surface area is 70.1 Å². The molecule has 11 heavy (non-hydrogen) atoms. The molecule has 0 aliphatic rings. The molecule has 0 aromatic carbocycles. The van der Waals surface area contributed by atoms with Gasteiger partial charge in [-0.05, 0) is 19.0 Å². The van der Waals surface area contributed by atoms with Crippen molar-refractivity contribution in [3.05, 3.63) is 0 Å². The lowest BCUT2D eigenvalue weighted by Crippen LogP contribution is -2.09. The predicted octanol–water partition coefficient (Wildman–Crippen LogP) is 0.101. The van der Waals surface area contributed by atoms with Gasteiger partial charge in [0, 0.05) is 0 Å². The van der Waals surface area contributed by atoms with Crippen LogP contribution in [0.2, 0.25) is 6.04 Å². The van der Waals surface area contributed by atoms with Crippen LogP contribution in [0.1, 0.15) is 32.1 Å². The summed E-state index contributed by atoms with van der Waals surface area (Å²) in [5.41, 5.74) is 5.32. The first kappa shape index (κ1) is 11.1. The van der Waals surface area contributed by atoms with Crippen LogP contribution in [0.15, 0.2) is 0 Å². The van der Waals surface area contributed by atoms with Crippen molar-refractivity contribution >= 4 is 9.28 Å². The highest BCUT2D eigenvalue weighted by Crippen LogP contribution is 2.05. The first-order valence-corrected chi connectivity index (χ1v) is 6.18. The van der Waals surface area contributed by atoms with Gasteiger partial charge in [-0.2, -0.15) is 0 Å². The SMILES string of the molecule is NCCCCCCC[SiH](O)O. The average Bonchev–Trinajstić information content (AvgIpc) is 1.96. The Balaban J connectivity index is 2.80. The molecule has 0 amide bonds. The standard InChI is InChI=1S/C7H19NO2Si/c8-6-4-2-1-3-5-7-11(9)10/h9-11H,1-8H2. The molecule has 0 saturated heterocycles. The number of hydrogen-bond donors (Lipinski definition) is 3. The van der Waals surface area contributed by atoms with Gasteiger partial charge in [-0.1, -0.05) is 25.7 Å². The lowest BCUT2D eigenvalue weighted by Gasteiger charge is -2.00. The molecule has 0 rings (SSSR count).